The number of rotatable bonds is 10. The molecule has 0 unspecified atom stereocenters. The Hall–Kier alpha value is -1.18. The molecule has 1 fully saturated rings. The first-order valence-electron chi connectivity index (χ1n) is 8.99. The van der Waals surface area contributed by atoms with E-state index in [1.54, 1.807) is 0 Å². The van der Waals surface area contributed by atoms with Crippen molar-refractivity contribution in [3.8, 4) is 0 Å². The number of nitrogens with one attached hydrogen (secondary N) is 1. The van der Waals surface area contributed by atoms with Crippen LogP contribution >= 0.6 is 0 Å². The molecule has 2 rings (SSSR count). The topological polar surface area (TPSA) is 15.3 Å². The maximum atomic E-state index is 3.55. The van der Waals surface area contributed by atoms with E-state index in [0.717, 1.165) is 6.54 Å². The van der Waals surface area contributed by atoms with E-state index >= 15 is 0 Å². The van der Waals surface area contributed by atoms with Crippen LogP contribution in [-0.2, 0) is 0 Å². The van der Waals surface area contributed by atoms with Crippen molar-refractivity contribution in [1.29, 1.82) is 0 Å². The van der Waals surface area contributed by atoms with Crippen molar-refractivity contribution in [3.05, 3.63) is 24.3 Å². The van der Waals surface area contributed by atoms with Crippen molar-refractivity contribution in [1.82, 2.24) is 0 Å². The average molecular weight is 288 g/mol. The Bertz CT molecular complexity index is 366. The van der Waals surface area contributed by atoms with Crippen LogP contribution in [-0.4, -0.2) is 19.6 Å². The molecule has 0 saturated carbocycles. The lowest BCUT2D eigenvalue weighted by Crippen LogP contribution is -2.17. The maximum absolute atomic E-state index is 3.55. The van der Waals surface area contributed by atoms with Gasteiger partial charge >= 0.3 is 0 Å². The van der Waals surface area contributed by atoms with E-state index in [1.165, 1.54) is 82.3 Å². The number of hydrogen-bond acceptors (Lipinski definition) is 2. The van der Waals surface area contributed by atoms with E-state index in [4.69, 9.17) is 0 Å². The van der Waals surface area contributed by atoms with Gasteiger partial charge in [-0.25, -0.2) is 0 Å². The van der Waals surface area contributed by atoms with Crippen molar-refractivity contribution in [2.45, 2.75) is 64.7 Å². The van der Waals surface area contributed by atoms with Gasteiger partial charge in [-0.05, 0) is 43.5 Å². The Morgan fingerprint density at radius 3 is 2.14 bits per heavy atom. The molecule has 1 aliphatic rings. The largest absolute Gasteiger partial charge is 0.385 e. The van der Waals surface area contributed by atoms with Gasteiger partial charge in [0.2, 0.25) is 0 Å². The Morgan fingerprint density at radius 2 is 1.48 bits per heavy atom. The third-order valence-corrected chi connectivity index (χ3v) is 4.45. The Labute approximate surface area is 130 Å². The third kappa shape index (κ3) is 5.99. The van der Waals surface area contributed by atoms with Gasteiger partial charge in [0.05, 0.1) is 0 Å². The molecule has 118 valence electrons. The number of nitrogens with zero attached hydrogens (tertiary/aromatic N) is 1. The molecule has 0 amide bonds. The number of benzene rings is 1. The molecule has 0 spiro atoms. The van der Waals surface area contributed by atoms with Crippen LogP contribution in [0.25, 0.3) is 0 Å². The highest BCUT2D eigenvalue weighted by Gasteiger charge is 2.11. The molecule has 0 aliphatic carbocycles. The second-order valence-corrected chi connectivity index (χ2v) is 6.29. The zero-order valence-corrected chi connectivity index (χ0v) is 13.7. The molecular formula is C19H32N2. The highest BCUT2D eigenvalue weighted by Crippen LogP contribution is 2.22. The minimum atomic E-state index is 1.11. The SMILES string of the molecule is CCCCCCCCCNc1ccc(N2CCCC2)cc1. The first kappa shape index (κ1) is 16.2. The molecule has 1 heterocycles. The molecule has 21 heavy (non-hydrogen) atoms. The fourth-order valence-corrected chi connectivity index (χ4v) is 3.08. The molecule has 0 bridgehead atoms. The minimum absolute atomic E-state index is 1.11. The van der Waals surface area contributed by atoms with E-state index < -0.39 is 0 Å². The molecule has 1 aliphatic heterocycles. The van der Waals surface area contributed by atoms with Crippen molar-refractivity contribution in [2.24, 2.45) is 0 Å². The summed E-state index contributed by atoms with van der Waals surface area (Å²) in [7, 11) is 0. The molecule has 2 heteroatoms. The number of hydrogen-bond donors (Lipinski definition) is 1. The standard InChI is InChI=1S/C19H32N2/c1-2-3-4-5-6-7-8-15-20-18-11-13-19(14-12-18)21-16-9-10-17-21/h11-14,20H,2-10,15-17H2,1H3. The van der Waals surface area contributed by atoms with Crippen LogP contribution in [0, 0.1) is 0 Å². The van der Waals surface area contributed by atoms with Gasteiger partial charge in [-0.2, -0.15) is 0 Å². The van der Waals surface area contributed by atoms with Gasteiger partial charge in [0.15, 0.2) is 0 Å². The Kier molecular flexibility index (Phi) is 7.48. The highest BCUT2D eigenvalue weighted by molar-refractivity contribution is 5.55. The zero-order valence-electron chi connectivity index (χ0n) is 13.7. The van der Waals surface area contributed by atoms with Gasteiger partial charge in [0.25, 0.3) is 0 Å². The normalized spacial score (nSPS) is 14.6. The predicted molar refractivity (Wildman–Crippen MR) is 94.4 cm³/mol. The van der Waals surface area contributed by atoms with E-state index in [9.17, 15) is 0 Å². The third-order valence-electron chi connectivity index (χ3n) is 4.45. The van der Waals surface area contributed by atoms with Gasteiger partial charge in [0, 0.05) is 31.0 Å². The van der Waals surface area contributed by atoms with E-state index in [1.807, 2.05) is 0 Å². The molecule has 1 aromatic rings. The predicted octanol–water partition coefficient (Wildman–Crippen LogP) is 5.45. The Balaban J connectivity index is 1.56. The van der Waals surface area contributed by atoms with Crippen molar-refractivity contribution in [2.75, 3.05) is 29.9 Å². The fourth-order valence-electron chi connectivity index (χ4n) is 3.08. The smallest absolute Gasteiger partial charge is 0.0367 e. The van der Waals surface area contributed by atoms with Gasteiger partial charge in [0.1, 0.15) is 0 Å². The van der Waals surface area contributed by atoms with Gasteiger partial charge in [-0.3, -0.25) is 0 Å². The van der Waals surface area contributed by atoms with Crippen molar-refractivity contribution >= 4 is 11.4 Å². The summed E-state index contributed by atoms with van der Waals surface area (Å²) in [5, 5.41) is 3.55. The van der Waals surface area contributed by atoms with Gasteiger partial charge in [-0.15, -0.1) is 0 Å². The molecular weight excluding hydrogens is 256 g/mol. The van der Waals surface area contributed by atoms with Crippen LogP contribution in [0.1, 0.15) is 64.7 Å². The molecule has 1 saturated heterocycles. The summed E-state index contributed by atoms with van der Waals surface area (Å²) in [6.07, 6.45) is 12.3. The van der Waals surface area contributed by atoms with Crippen molar-refractivity contribution in [3.63, 3.8) is 0 Å². The molecule has 0 atom stereocenters. The molecule has 0 radical (unpaired) electrons. The van der Waals surface area contributed by atoms with Crippen LogP contribution in [0.3, 0.4) is 0 Å². The monoisotopic (exact) mass is 288 g/mol. The lowest BCUT2D eigenvalue weighted by atomic mass is 10.1. The van der Waals surface area contributed by atoms with E-state index in [0.29, 0.717) is 0 Å². The van der Waals surface area contributed by atoms with Crippen LogP contribution < -0.4 is 10.2 Å². The molecule has 1 aromatic carbocycles. The van der Waals surface area contributed by atoms with E-state index in [2.05, 4.69) is 41.4 Å². The average Bonchev–Trinajstić information content (AvgIpc) is 3.05. The summed E-state index contributed by atoms with van der Waals surface area (Å²) in [4.78, 5) is 2.49. The molecule has 2 nitrogen and oxygen atoms in total. The quantitative estimate of drug-likeness (QED) is 0.576. The fraction of sp³-hybridized carbons (Fsp3) is 0.684. The lowest BCUT2D eigenvalue weighted by molar-refractivity contribution is 0.596. The summed E-state index contributed by atoms with van der Waals surface area (Å²) in [6.45, 7) is 5.84. The van der Waals surface area contributed by atoms with Crippen LogP contribution in [0.2, 0.25) is 0 Å². The second kappa shape index (κ2) is 9.70. The molecule has 0 aromatic heterocycles. The first-order chi connectivity index (χ1) is 10.4. The van der Waals surface area contributed by atoms with Gasteiger partial charge < -0.3 is 10.2 Å². The number of unbranched alkanes of at least 4 members (excludes halogenated alkanes) is 6. The lowest BCUT2D eigenvalue weighted by Gasteiger charge is -2.18. The van der Waals surface area contributed by atoms with E-state index in [-0.39, 0.29) is 0 Å². The Morgan fingerprint density at radius 1 is 0.857 bits per heavy atom. The highest BCUT2D eigenvalue weighted by atomic mass is 15.1. The summed E-state index contributed by atoms with van der Waals surface area (Å²) in [6, 6.07) is 8.99. The second-order valence-electron chi connectivity index (χ2n) is 6.29. The summed E-state index contributed by atoms with van der Waals surface area (Å²) < 4.78 is 0. The van der Waals surface area contributed by atoms with Crippen LogP contribution in [0.15, 0.2) is 24.3 Å². The maximum Gasteiger partial charge on any atom is 0.0367 e. The van der Waals surface area contributed by atoms with Crippen LogP contribution in [0.4, 0.5) is 11.4 Å². The number of anilines is 2. The zero-order chi connectivity index (χ0) is 14.8. The van der Waals surface area contributed by atoms with Crippen molar-refractivity contribution < 1.29 is 0 Å². The van der Waals surface area contributed by atoms with Crippen LogP contribution in [0.5, 0.6) is 0 Å². The first-order valence-corrected chi connectivity index (χ1v) is 8.99. The molecule has 1 N–H and O–H groups in total. The van der Waals surface area contributed by atoms with Gasteiger partial charge in [-0.1, -0.05) is 45.4 Å². The summed E-state index contributed by atoms with van der Waals surface area (Å²) in [5.41, 5.74) is 2.65. The summed E-state index contributed by atoms with van der Waals surface area (Å²) >= 11 is 0. The summed E-state index contributed by atoms with van der Waals surface area (Å²) in [5.74, 6) is 0. The minimum Gasteiger partial charge on any atom is -0.385 e.